The number of unbranched alkanes of at least 4 members (excludes halogenated alkanes) is 9. The Bertz CT molecular complexity index is 748. The molecular formula is C22H32O3S. The quantitative estimate of drug-likeness (QED) is 0.297. The second kappa shape index (κ2) is 11.3. The van der Waals surface area contributed by atoms with Crippen molar-refractivity contribution in [2.45, 2.75) is 76.0 Å². The molecular weight excluding hydrogens is 344 g/mol. The van der Waals surface area contributed by atoms with E-state index in [0.29, 0.717) is 0 Å². The Morgan fingerprint density at radius 3 is 2.00 bits per heavy atom. The van der Waals surface area contributed by atoms with E-state index in [1.165, 1.54) is 44.9 Å². The minimum atomic E-state index is -3.70. The molecule has 26 heavy (non-hydrogen) atoms. The molecule has 0 aromatic heterocycles. The zero-order valence-corrected chi connectivity index (χ0v) is 16.8. The van der Waals surface area contributed by atoms with E-state index < -0.39 is 10.1 Å². The Morgan fingerprint density at radius 1 is 0.731 bits per heavy atom. The molecule has 0 heterocycles. The molecule has 3 nitrogen and oxygen atoms in total. The van der Waals surface area contributed by atoms with Crippen LogP contribution >= 0.6 is 0 Å². The summed E-state index contributed by atoms with van der Waals surface area (Å²) in [5, 5.41) is 1.63. The smallest absolute Gasteiger partial charge is 0.266 e. The lowest BCUT2D eigenvalue weighted by atomic mass is 10.1. The molecule has 0 saturated heterocycles. The Balaban J connectivity index is 1.67. The highest BCUT2D eigenvalue weighted by molar-refractivity contribution is 7.87. The minimum absolute atomic E-state index is 0.266. The summed E-state index contributed by atoms with van der Waals surface area (Å²) in [6.45, 7) is 2.50. The first kappa shape index (κ1) is 20.9. The van der Waals surface area contributed by atoms with E-state index in [-0.39, 0.29) is 11.5 Å². The second-order valence-electron chi connectivity index (χ2n) is 6.94. The maximum Gasteiger partial charge on any atom is 0.297 e. The standard InChI is InChI=1S/C22H32O3S/c1-2-3-4-5-6-7-8-9-10-13-19-25-26(23,24)22-18-14-16-20-15-11-12-17-21(20)22/h11-12,14-18H,2-10,13,19H2,1H3. The summed E-state index contributed by atoms with van der Waals surface area (Å²) in [5.74, 6) is 0. The molecule has 0 radical (unpaired) electrons. The first-order chi connectivity index (χ1) is 12.6. The van der Waals surface area contributed by atoms with Gasteiger partial charge >= 0.3 is 0 Å². The average molecular weight is 377 g/mol. The summed E-state index contributed by atoms with van der Waals surface area (Å²) < 4.78 is 30.2. The van der Waals surface area contributed by atoms with Crippen molar-refractivity contribution < 1.29 is 12.6 Å². The van der Waals surface area contributed by atoms with Crippen LogP contribution < -0.4 is 0 Å². The highest BCUT2D eigenvalue weighted by Gasteiger charge is 2.17. The van der Waals surface area contributed by atoms with Gasteiger partial charge in [-0.25, -0.2) is 0 Å². The van der Waals surface area contributed by atoms with E-state index >= 15 is 0 Å². The molecule has 0 amide bonds. The Hall–Kier alpha value is -1.39. The SMILES string of the molecule is CCCCCCCCCCCCOS(=O)(=O)c1cccc2ccccc12. The third-order valence-electron chi connectivity index (χ3n) is 4.76. The first-order valence-corrected chi connectivity index (χ1v) is 11.4. The van der Waals surface area contributed by atoms with Crippen LogP contribution in [0.3, 0.4) is 0 Å². The Kier molecular flexibility index (Phi) is 9.13. The van der Waals surface area contributed by atoms with Crippen LogP contribution in [-0.2, 0) is 14.3 Å². The van der Waals surface area contributed by atoms with Gasteiger partial charge in [0.2, 0.25) is 0 Å². The molecule has 2 aromatic rings. The Morgan fingerprint density at radius 2 is 1.31 bits per heavy atom. The van der Waals surface area contributed by atoms with Gasteiger partial charge in [-0.1, -0.05) is 101 Å². The summed E-state index contributed by atoms with van der Waals surface area (Å²) in [6.07, 6.45) is 12.2. The van der Waals surface area contributed by atoms with E-state index in [4.69, 9.17) is 4.18 Å². The topological polar surface area (TPSA) is 43.4 Å². The van der Waals surface area contributed by atoms with Gasteiger partial charge in [0.25, 0.3) is 10.1 Å². The molecule has 2 aromatic carbocycles. The lowest BCUT2D eigenvalue weighted by Gasteiger charge is -2.08. The van der Waals surface area contributed by atoms with Crippen LogP contribution in [0.1, 0.15) is 71.1 Å². The second-order valence-corrected chi connectivity index (χ2v) is 8.52. The summed E-state index contributed by atoms with van der Waals surface area (Å²) in [6, 6.07) is 12.8. The van der Waals surface area contributed by atoms with Crippen molar-refractivity contribution in [3.05, 3.63) is 42.5 Å². The zero-order valence-electron chi connectivity index (χ0n) is 16.0. The van der Waals surface area contributed by atoms with Gasteiger partial charge in [0, 0.05) is 5.39 Å². The predicted molar refractivity (Wildman–Crippen MR) is 109 cm³/mol. The monoisotopic (exact) mass is 376 g/mol. The van der Waals surface area contributed by atoms with E-state index in [1.807, 2.05) is 30.3 Å². The van der Waals surface area contributed by atoms with Gasteiger partial charge in [0.05, 0.1) is 6.61 Å². The highest BCUT2D eigenvalue weighted by atomic mass is 32.2. The number of benzene rings is 2. The Labute approximate surface area is 158 Å². The third-order valence-corrected chi connectivity index (χ3v) is 6.13. The molecule has 0 unspecified atom stereocenters. The highest BCUT2D eigenvalue weighted by Crippen LogP contribution is 2.24. The molecule has 2 rings (SSSR count). The van der Waals surface area contributed by atoms with Gasteiger partial charge in [0.1, 0.15) is 4.90 Å². The van der Waals surface area contributed by atoms with Crippen molar-refractivity contribution in [3.63, 3.8) is 0 Å². The summed E-state index contributed by atoms with van der Waals surface area (Å²) in [5.41, 5.74) is 0. The van der Waals surface area contributed by atoms with Gasteiger partial charge in [0.15, 0.2) is 0 Å². The lowest BCUT2D eigenvalue weighted by Crippen LogP contribution is -2.08. The van der Waals surface area contributed by atoms with Crippen molar-refractivity contribution in [1.82, 2.24) is 0 Å². The zero-order chi connectivity index (χ0) is 18.7. The average Bonchev–Trinajstić information content (AvgIpc) is 2.65. The van der Waals surface area contributed by atoms with Gasteiger partial charge in [-0.3, -0.25) is 4.18 Å². The van der Waals surface area contributed by atoms with Crippen LogP contribution in [0.15, 0.2) is 47.4 Å². The predicted octanol–water partition coefficient (Wildman–Crippen LogP) is 6.47. The number of hydrogen-bond donors (Lipinski definition) is 0. The normalized spacial score (nSPS) is 11.9. The molecule has 0 aliphatic rings. The van der Waals surface area contributed by atoms with Crippen LogP contribution in [-0.4, -0.2) is 15.0 Å². The van der Waals surface area contributed by atoms with Crippen molar-refractivity contribution in [1.29, 1.82) is 0 Å². The van der Waals surface area contributed by atoms with Crippen molar-refractivity contribution >= 4 is 20.9 Å². The molecule has 0 fully saturated rings. The number of fused-ring (bicyclic) bond motifs is 1. The maximum atomic E-state index is 12.5. The fraction of sp³-hybridized carbons (Fsp3) is 0.545. The molecule has 0 bridgehead atoms. The van der Waals surface area contributed by atoms with E-state index in [0.717, 1.165) is 30.0 Å². The van der Waals surface area contributed by atoms with Crippen LogP contribution in [0.4, 0.5) is 0 Å². The van der Waals surface area contributed by atoms with Crippen molar-refractivity contribution in [2.24, 2.45) is 0 Å². The third kappa shape index (κ3) is 6.73. The molecule has 0 saturated carbocycles. The van der Waals surface area contributed by atoms with Crippen LogP contribution in [0, 0.1) is 0 Å². The van der Waals surface area contributed by atoms with Gasteiger partial charge in [-0.2, -0.15) is 8.42 Å². The molecule has 0 spiro atoms. The fourth-order valence-corrected chi connectivity index (χ4v) is 4.40. The van der Waals surface area contributed by atoms with Gasteiger partial charge in [-0.05, 0) is 17.9 Å². The summed E-state index contributed by atoms with van der Waals surface area (Å²) in [4.78, 5) is 0.266. The largest absolute Gasteiger partial charge is 0.297 e. The molecule has 0 aliphatic carbocycles. The number of hydrogen-bond acceptors (Lipinski definition) is 3. The summed E-state index contributed by atoms with van der Waals surface area (Å²) >= 11 is 0. The van der Waals surface area contributed by atoms with E-state index in [9.17, 15) is 8.42 Å². The van der Waals surface area contributed by atoms with Crippen LogP contribution in [0.5, 0.6) is 0 Å². The molecule has 144 valence electrons. The minimum Gasteiger partial charge on any atom is -0.266 e. The molecule has 0 N–H and O–H groups in total. The van der Waals surface area contributed by atoms with Crippen LogP contribution in [0.2, 0.25) is 0 Å². The maximum absolute atomic E-state index is 12.5. The van der Waals surface area contributed by atoms with Crippen molar-refractivity contribution in [2.75, 3.05) is 6.61 Å². The van der Waals surface area contributed by atoms with E-state index in [2.05, 4.69) is 6.92 Å². The van der Waals surface area contributed by atoms with Crippen molar-refractivity contribution in [3.8, 4) is 0 Å². The van der Waals surface area contributed by atoms with Crippen LogP contribution in [0.25, 0.3) is 10.8 Å². The first-order valence-electron chi connectivity index (χ1n) is 10.0. The molecule has 0 atom stereocenters. The van der Waals surface area contributed by atoms with E-state index in [1.54, 1.807) is 12.1 Å². The van der Waals surface area contributed by atoms with Gasteiger partial charge in [-0.15, -0.1) is 0 Å². The number of rotatable bonds is 13. The lowest BCUT2D eigenvalue weighted by molar-refractivity contribution is 0.306. The summed E-state index contributed by atoms with van der Waals surface area (Å²) in [7, 11) is -3.70. The molecule has 4 heteroatoms. The fourth-order valence-electron chi connectivity index (χ4n) is 3.24. The van der Waals surface area contributed by atoms with Gasteiger partial charge < -0.3 is 0 Å². The molecule has 0 aliphatic heterocycles.